The van der Waals surface area contributed by atoms with Crippen molar-refractivity contribution in [3.05, 3.63) is 23.8 Å². The van der Waals surface area contributed by atoms with E-state index in [0.29, 0.717) is 0 Å². The number of hydrogen-bond donors (Lipinski definition) is 0. The Labute approximate surface area is 81.3 Å². The Hall–Kier alpha value is -0.960. The molecule has 1 aliphatic rings. The van der Waals surface area contributed by atoms with Crippen LogP contribution in [0.4, 0.5) is 0 Å². The molecule has 0 atom stereocenters. The third-order valence-electron chi connectivity index (χ3n) is 1.95. The normalized spacial score (nSPS) is 14.5. The van der Waals surface area contributed by atoms with Crippen LogP contribution in [-0.2, 0) is 0 Å². The van der Waals surface area contributed by atoms with Gasteiger partial charge in [0.15, 0.2) is 5.78 Å². The monoisotopic (exact) mass is 194 g/mol. The lowest BCUT2D eigenvalue weighted by Crippen LogP contribution is -2.07. The Bertz CT molecular complexity index is 347. The fourth-order valence-corrected chi connectivity index (χ4v) is 2.13. The van der Waals surface area contributed by atoms with Gasteiger partial charge in [-0.3, -0.25) is 4.79 Å². The van der Waals surface area contributed by atoms with Gasteiger partial charge in [0, 0.05) is 11.3 Å². The molecule has 13 heavy (non-hydrogen) atoms. The van der Waals surface area contributed by atoms with Crippen LogP contribution >= 0.6 is 11.8 Å². The van der Waals surface area contributed by atoms with E-state index in [9.17, 15) is 4.79 Å². The molecular weight excluding hydrogens is 184 g/mol. The number of ketones is 1. The molecule has 2 nitrogen and oxygen atoms in total. The Balaban J connectivity index is 2.40. The van der Waals surface area contributed by atoms with Crippen LogP contribution in [0.3, 0.4) is 0 Å². The van der Waals surface area contributed by atoms with Crippen LogP contribution in [0.25, 0.3) is 0 Å². The Kier molecular flexibility index (Phi) is 2.27. The first-order valence-corrected chi connectivity index (χ1v) is 5.16. The molecule has 0 unspecified atom stereocenters. The molecule has 1 aliphatic heterocycles. The number of ether oxygens (including phenoxy) is 1. The highest BCUT2D eigenvalue weighted by atomic mass is 32.2. The van der Waals surface area contributed by atoms with Crippen molar-refractivity contribution in [2.75, 3.05) is 12.4 Å². The number of rotatable bonds is 1. The highest BCUT2D eigenvalue weighted by molar-refractivity contribution is 7.99. The molecule has 0 bridgehead atoms. The van der Waals surface area contributed by atoms with Gasteiger partial charge < -0.3 is 4.74 Å². The van der Waals surface area contributed by atoms with Gasteiger partial charge in [-0.1, -0.05) is 0 Å². The van der Waals surface area contributed by atoms with Crippen molar-refractivity contribution in [2.24, 2.45) is 0 Å². The lowest BCUT2D eigenvalue weighted by Gasteiger charge is -2.16. The highest BCUT2D eigenvalue weighted by Gasteiger charge is 2.12. The highest BCUT2D eigenvalue weighted by Crippen LogP contribution is 2.33. The summed E-state index contributed by atoms with van der Waals surface area (Å²) in [5.74, 6) is 1.98. The van der Waals surface area contributed by atoms with Crippen molar-refractivity contribution in [3.8, 4) is 5.75 Å². The smallest absolute Gasteiger partial charge is 0.159 e. The first kappa shape index (κ1) is 8.63. The molecule has 0 aromatic heterocycles. The van der Waals surface area contributed by atoms with Gasteiger partial charge in [0.05, 0.1) is 11.5 Å². The molecule has 3 heteroatoms. The molecule has 0 saturated carbocycles. The Morgan fingerprint density at radius 1 is 1.54 bits per heavy atom. The molecule has 2 rings (SSSR count). The molecule has 1 aromatic carbocycles. The quantitative estimate of drug-likeness (QED) is 0.642. The summed E-state index contributed by atoms with van der Waals surface area (Å²) in [6, 6.07) is 5.59. The number of fused-ring (bicyclic) bond motifs is 1. The van der Waals surface area contributed by atoms with Crippen molar-refractivity contribution in [1.29, 1.82) is 0 Å². The second-order valence-electron chi connectivity index (χ2n) is 2.91. The van der Waals surface area contributed by atoms with Crippen LogP contribution in [0, 0.1) is 0 Å². The number of carbonyl (C=O) groups excluding carboxylic acids is 1. The predicted molar refractivity (Wildman–Crippen MR) is 52.7 cm³/mol. The summed E-state index contributed by atoms with van der Waals surface area (Å²) >= 11 is 1.74. The maximum absolute atomic E-state index is 11.1. The maximum atomic E-state index is 11.1. The van der Waals surface area contributed by atoms with E-state index in [2.05, 4.69) is 0 Å². The van der Waals surface area contributed by atoms with E-state index in [0.717, 1.165) is 28.6 Å². The van der Waals surface area contributed by atoms with E-state index < -0.39 is 0 Å². The summed E-state index contributed by atoms with van der Waals surface area (Å²) in [6.45, 7) is 2.34. The molecule has 68 valence electrons. The molecule has 0 fully saturated rings. The van der Waals surface area contributed by atoms with Crippen molar-refractivity contribution >= 4 is 17.5 Å². The number of thioether (sulfide) groups is 1. The summed E-state index contributed by atoms with van der Waals surface area (Å²) in [6.07, 6.45) is 0. The van der Waals surface area contributed by atoms with Crippen LogP contribution < -0.4 is 4.74 Å². The third kappa shape index (κ3) is 1.70. The zero-order valence-corrected chi connectivity index (χ0v) is 8.19. The van der Waals surface area contributed by atoms with Crippen molar-refractivity contribution in [2.45, 2.75) is 11.8 Å². The minimum atomic E-state index is 0.106. The minimum absolute atomic E-state index is 0.106. The first-order chi connectivity index (χ1) is 6.27. The molecule has 0 amide bonds. The van der Waals surface area contributed by atoms with Gasteiger partial charge in [0.2, 0.25) is 0 Å². The average Bonchev–Trinajstić information content (AvgIpc) is 2.17. The SMILES string of the molecule is CC(=O)c1ccc2c(c1)SCCO2. The molecule has 0 aliphatic carbocycles. The molecular formula is C10H10O2S. The van der Waals surface area contributed by atoms with Gasteiger partial charge in [-0.2, -0.15) is 0 Å². The van der Waals surface area contributed by atoms with E-state index in [1.807, 2.05) is 18.2 Å². The number of Topliss-reactive ketones (excluding diaryl/α,β-unsaturated/α-hetero) is 1. The molecule has 0 saturated heterocycles. The third-order valence-corrected chi connectivity index (χ3v) is 2.95. The van der Waals surface area contributed by atoms with Gasteiger partial charge in [-0.15, -0.1) is 11.8 Å². The summed E-state index contributed by atoms with van der Waals surface area (Å²) in [7, 11) is 0. The van der Waals surface area contributed by atoms with Crippen LogP contribution in [0.5, 0.6) is 5.75 Å². The van der Waals surface area contributed by atoms with Crippen molar-refractivity contribution < 1.29 is 9.53 Å². The second-order valence-corrected chi connectivity index (χ2v) is 4.05. The fraction of sp³-hybridized carbons (Fsp3) is 0.300. The second kappa shape index (κ2) is 3.42. The first-order valence-electron chi connectivity index (χ1n) is 4.18. The minimum Gasteiger partial charge on any atom is -0.492 e. The van der Waals surface area contributed by atoms with E-state index in [-0.39, 0.29) is 5.78 Å². The van der Waals surface area contributed by atoms with Gasteiger partial charge in [0.1, 0.15) is 5.75 Å². The van der Waals surface area contributed by atoms with E-state index >= 15 is 0 Å². The Morgan fingerprint density at radius 2 is 2.38 bits per heavy atom. The molecule has 0 radical (unpaired) electrons. The van der Waals surface area contributed by atoms with Crippen LogP contribution in [0.15, 0.2) is 23.1 Å². The standard InChI is InChI=1S/C10H10O2S/c1-7(11)8-2-3-9-10(6-8)13-5-4-12-9/h2-3,6H,4-5H2,1H3. The number of carbonyl (C=O) groups is 1. The lowest BCUT2D eigenvalue weighted by molar-refractivity contribution is 0.101. The molecule has 1 aromatic rings. The van der Waals surface area contributed by atoms with Gasteiger partial charge >= 0.3 is 0 Å². The van der Waals surface area contributed by atoms with E-state index in [1.165, 1.54) is 0 Å². The number of hydrogen-bond acceptors (Lipinski definition) is 3. The zero-order valence-electron chi connectivity index (χ0n) is 7.37. The van der Waals surface area contributed by atoms with E-state index in [1.54, 1.807) is 18.7 Å². The van der Waals surface area contributed by atoms with Crippen molar-refractivity contribution in [1.82, 2.24) is 0 Å². The number of benzene rings is 1. The molecule has 0 N–H and O–H groups in total. The van der Waals surface area contributed by atoms with Crippen LogP contribution in [0.2, 0.25) is 0 Å². The summed E-state index contributed by atoms with van der Waals surface area (Å²) < 4.78 is 5.43. The van der Waals surface area contributed by atoms with Crippen molar-refractivity contribution in [3.63, 3.8) is 0 Å². The summed E-state index contributed by atoms with van der Waals surface area (Å²) in [4.78, 5) is 12.2. The predicted octanol–water partition coefficient (Wildman–Crippen LogP) is 2.37. The van der Waals surface area contributed by atoms with Gasteiger partial charge in [-0.25, -0.2) is 0 Å². The zero-order chi connectivity index (χ0) is 9.26. The topological polar surface area (TPSA) is 26.3 Å². The lowest BCUT2D eigenvalue weighted by atomic mass is 10.1. The van der Waals surface area contributed by atoms with Gasteiger partial charge in [-0.05, 0) is 25.1 Å². The fourth-order valence-electron chi connectivity index (χ4n) is 1.26. The average molecular weight is 194 g/mol. The van der Waals surface area contributed by atoms with Crippen LogP contribution in [0.1, 0.15) is 17.3 Å². The molecule has 0 spiro atoms. The van der Waals surface area contributed by atoms with Crippen LogP contribution in [-0.4, -0.2) is 18.1 Å². The maximum Gasteiger partial charge on any atom is 0.159 e. The summed E-state index contributed by atoms with van der Waals surface area (Å²) in [5, 5.41) is 0. The molecule has 1 heterocycles. The Morgan fingerprint density at radius 3 is 3.15 bits per heavy atom. The van der Waals surface area contributed by atoms with Gasteiger partial charge in [0.25, 0.3) is 0 Å². The largest absolute Gasteiger partial charge is 0.492 e. The van der Waals surface area contributed by atoms with E-state index in [4.69, 9.17) is 4.74 Å². The summed E-state index contributed by atoms with van der Waals surface area (Å²) in [5.41, 5.74) is 0.761.